The number of hydrogen-bond acceptors (Lipinski definition) is 6. The molecule has 5 rings (SSSR count). The Hall–Kier alpha value is -2.29. The second-order valence-electron chi connectivity index (χ2n) is 6.91. The summed E-state index contributed by atoms with van der Waals surface area (Å²) in [4.78, 5) is 38.6. The predicted molar refractivity (Wildman–Crippen MR) is 95.4 cm³/mol. The Morgan fingerprint density at radius 1 is 1.19 bits per heavy atom. The fraction of sp³-hybridized carbons (Fsp3) is 0.588. The van der Waals surface area contributed by atoms with E-state index in [-0.39, 0.29) is 48.6 Å². The molecule has 0 aromatic carbocycles. The molecule has 9 heteroatoms. The lowest BCUT2D eigenvalue weighted by molar-refractivity contribution is -0.140. The Balaban J connectivity index is 1.30. The molecule has 1 aliphatic heterocycles. The molecule has 2 bridgehead atoms. The third-order valence-corrected chi connectivity index (χ3v) is 6.44. The van der Waals surface area contributed by atoms with Crippen LogP contribution in [0.5, 0.6) is 0 Å². The van der Waals surface area contributed by atoms with Crippen molar-refractivity contribution in [3.63, 3.8) is 0 Å². The summed E-state index contributed by atoms with van der Waals surface area (Å²) in [5.41, 5.74) is 0. The van der Waals surface area contributed by atoms with Gasteiger partial charge in [-0.15, -0.1) is 10.2 Å². The van der Waals surface area contributed by atoms with Crippen molar-refractivity contribution in [3.8, 4) is 0 Å². The smallest absolute Gasteiger partial charge is 0.321 e. The van der Waals surface area contributed by atoms with Gasteiger partial charge >= 0.3 is 6.03 Å². The zero-order valence-corrected chi connectivity index (χ0v) is 15.3. The van der Waals surface area contributed by atoms with Crippen LogP contribution in [0.1, 0.15) is 24.8 Å². The molecular weight excluding hydrogens is 354 g/mol. The number of amides is 4. The van der Waals surface area contributed by atoms with Crippen LogP contribution in [0.3, 0.4) is 0 Å². The third kappa shape index (κ3) is 2.90. The van der Waals surface area contributed by atoms with Crippen molar-refractivity contribution in [2.24, 2.45) is 23.7 Å². The molecule has 1 aromatic rings. The minimum Gasteiger partial charge on any atom is -0.336 e. The van der Waals surface area contributed by atoms with Crippen molar-refractivity contribution in [3.05, 3.63) is 17.2 Å². The first-order valence-electron chi connectivity index (χ1n) is 8.99. The first-order valence-corrected chi connectivity index (χ1v) is 9.81. The molecule has 2 fully saturated rings. The highest BCUT2D eigenvalue weighted by Crippen LogP contribution is 2.49. The molecule has 0 spiro atoms. The summed E-state index contributed by atoms with van der Waals surface area (Å²) in [7, 11) is 0. The van der Waals surface area contributed by atoms with Crippen molar-refractivity contribution in [2.45, 2.75) is 26.2 Å². The monoisotopic (exact) mass is 375 g/mol. The predicted octanol–water partition coefficient (Wildman–Crippen LogP) is 1.42. The average Bonchev–Trinajstić information content (AvgIpc) is 3.21. The minimum atomic E-state index is -0.415. The van der Waals surface area contributed by atoms with Crippen LogP contribution in [0.4, 0.5) is 9.93 Å². The van der Waals surface area contributed by atoms with Crippen LogP contribution in [0.2, 0.25) is 0 Å². The molecule has 4 unspecified atom stereocenters. The fourth-order valence-corrected chi connectivity index (χ4v) is 4.90. The molecule has 0 radical (unpaired) electrons. The number of anilines is 1. The van der Waals surface area contributed by atoms with Gasteiger partial charge in [0.2, 0.25) is 16.9 Å². The van der Waals surface area contributed by atoms with E-state index < -0.39 is 6.03 Å². The van der Waals surface area contributed by atoms with Crippen LogP contribution in [0, 0.1) is 23.7 Å². The van der Waals surface area contributed by atoms with Gasteiger partial charge in [0.25, 0.3) is 0 Å². The lowest BCUT2D eigenvalue weighted by Crippen LogP contribution is -2.40. The number of aromatic nitrogens is 2. The Morgan fingerprint density at radius 3 is 2.38 bits per heavy atom. The molecule has 1 aromatic heterocycles. The Morgan fingerprint density at radius 2 is 1.85 bits per heavy atom. The number of allylic oxidation sites excluding steroid dienone is 2. The van der Waals surface area contributed by atoms with Crippen molar-refractivity contribution in [2.75, 3.05) is 18.4 Å². The summed E-state index contributed by atoms with van der Waals surface area (Å²) in [5.74, 6) is -0.195. The Labute approximate surface area is 155 Å². The number of nitrogens with zero attached hydrogens (tertiary/aromatic N) is 3. The molecule has 26 heavy (non-hydrogen) atoms. The van der Waals surface area contributed by atoms with E-state index in [1.807, 2.05) is 6.92 Å². The Kier molecular flexibility index (Phi) is 4.47. The molecule has 4 amide bonds. The molecular formula is C17H21N5O3S. The highest BCUT2D eigenvalue weighted by atomic mass is 32.1. The number of aryl methyl sites for hydroxylation is 1. The van der Waals surface area contributed by atoms with Crippen molar-refractivity contribution < 1.29 is 14.4 Å². The van der Waals surface area contributed by atoms with E-state index in [0.29, 0.717) is 5.13 Å². The second kappa shape index (κ2) is 6.79. The van der Waals surface area contributed by atoms with Gasteiger partial charge in [0, 0.05) is 13.1 Å². The molecule has 4 atom stereocenters. The van der Waals surface area contributed by atoms with E-state index >= 15 is 0 Å². The van der Waals surface area contributed by atoms with E-state index in [1.54, 1.807) is 0 Å². The van der Waals surface area contributed by atoms with Crippen LogP contribution in [0.15, 0.2) is 12.2 Å². The number of carbonyl (C=O) groups is 3. The first kappa shape index (κ1) is 17.1. The summed E-state index contributed by atoms with van der Waals surface area (Å²) in [6.07, 6.45) is 6.93. The van der Waals surface area contributed by atoms with Gasteiger partial charge in [-0.3, -0.25) is 19.8 Å². The molecule has 1 saturated carbocycles. The normalized spacial score (nSPS) is 29.2. The number of carbonyl (C=O) groups excluding carboxylic acids is 3. The lowest BCUT2D eigenvalue weighted by Gasteiger charge is -2.38. The number of rotatable bonds is 5. The molecule has 2 N–H and O–H groups in total. The number of hydrogen-bond donors (Lipinski definition) is 2. The summed E-state index contributed by atoms with van der Waals surface area (Å²) in [6.45, 7) is 2.38. The van der Waals surface area contributed by atoms with Crippen LogP contribution in [-0.2, 0) is 16.0 Å². The topological polar surface area (TPSA) is 104 Å². The van der Waals surface area contributed by atoms with E-state index in [1.165, 1.54) is 16.2 Å². The van der Waals surface area contributed by atoms with E-state index in [2.05, 4.69) is 33.0 Å². The zero-order valence-electron chi connectivity index (χ0n) is 14.5. The van der Waals surface area contributed by atoms with Crippen LogP contribution in [0.25, 0.3) is 0 Å². The molecule has 138 valence electrons. The van der Waals surface area contributed by atoms with Crippen LogP contribution >= 0.6 is 11.3 Å². The number of nitrogens with one attached hydrogen (secondary N) is 2. The summed E-state index contributed by atoms with van der Waals surface area (Å²) in [5, 5.41) is 14.4. The van der Waals surface area contributed by atoms with Gasteiger partial charge in [-0.1, -0.05) is 30.4 Å². The molecule has 3 aliphatic carbocycles. The standard InChI is InChI=1S/C17H21N5O3S/c1-2-11-20-21-17(26-11)19-16(25)18-7-8-22-14(23)12-9-3-4-10(6-5-9)13(12)15(22)24/h3-4,9-10,12-13H,2,5-8H2,1H3,(H2,18,19,21,25). The van der Waals surface area contributed by atoms with Gasteiger partial charge in [-0.25, -0.2) is 4.79 Å². The van der Waals surface area contributed by atoms with Gasteiger partial charge in [0.05, 0.1) is 11.8 Å². The van der Waals surface area contributed by atoms with Crippen LogP contribution < -0.4 is 10.6 Å². The molecule has 8 nitrogen and oxygen atoms in total. The van der Waals surface area contributed by atoms with Gasteiger partial charge in [0.1, 0.15) is 5.01 Å². The number of fused-ring (bicyclic) bond motifs is 1. The van der Waals surface area contributed by atoms with E-state index in [9.17, 15) is 14.4 Å². The van der Waals surface area contributed by atoms with Gasteiger partial charge in [-0.05, 0) is 31.1 Å². The molecule has 1 saturated heterocycles. The summed E-state index contributed by atoms with van der Waals surface area (Å²) < 4.78 is 0. The highest BCUT2D eigenvalue weighted by molar-refractivity contribution is 7.15. The Bertz CT molecular complexity index is 744. The van der Waals surface area contributed by atoms with Crippen molar-refractivity contribution in [1.29, 1.82) is 0 Å². The largest absolute Gasteiger partial charge is 0.336 e. The summed E-state index contributed by atoms with van der Waals surface area (Å²) >= 11 is 1.32. The van der Waals surface area contributed by atoms with Gasteiger partial charge in [-0.2, -0.15) is 0 Å². The third-order valence-electron chi connectivity index (χ3n) is 5.46. The van der Waals surface area contributed by atoms with Gasteiger partial charge in [0.15, 0.2) is 0 Å². The van der Waals surface area contributed by atoms with Crippen molar-refractivity contribution in [1.82, 2.24) is 20.4 Å². The maximum atomic E-state index is 12.7. The highest BCUT2D eigenvalue weighted by Gasteiger charge is 2.56. The maximum Gasteiger partial charge on any atom is 0.321 e. The maximum absolute atomic E-state index is 12.7. The SMILES string of the molecule is CCc1nnc(NC(=O)NCCN2C(=O)C3C4C=CC(CC4)C3C2=O)s1. The van der Waals surface area contributed by atoms with Gasteiger partial charge < -0.3 is 5.32 Å². The van der Waals surface area contributed by atoms with E-state index in [0.717, 1.165) is 24.3 Å². The van der Waals surface area contributed by atoms with E-state index in [4.69, 9.17) is 0 Å². The van der Waals surface area contributed by atoms with Crippen molar-refractivity contribution >= 4 is 34.3 Å². The number of likely N-dealkylation sites (tertiary alicyclic amines) is 1. The zero-order chi connectivity index (χ0) is 18.3. The summed E-state index contributed by atoms with van der Waals surface area (Å²) in [6, 6.07) is -0.415. The quantitative estimate of drug-likeness (QED) is 0.598. The fourth-order valence-electron chi connectivity index (χ4n) is 4.23. The number of urea groups is 1. The second-order valence-corrected chi connectivity index (χ2v) is 7.97. The van der Waals surface area contributed by atoms with Crippen LogP contribution in [-0.4, -0.2) is 46.0 Å². The lowest BCUT2D eigenvalue weighted by atomic mass is 9.63. The molecule has 4 aliphatic rings. The first-order chi connectivity index (χ1) is 12.6. The average molecular weight is 375 g/mol. The molecule has 2 heterocycles. The minimum absolute atomic E-state index is 0.0852. The number of imide groups is 1.